The predicted octanol–water partition coefficient (Wildman–Crippen LogP) is 1.75. The average molecular weight is 421 g/mol. The number of aliphatic hydroxyl groups excluding tert-OH is 1. The summed E-state index contributed by atoms with van der Waals surface area (Å²) in [6.45, 7) is 4.88. The molecule has 1 atom stereocenters. The number of aliphatic hydroxyl groups is 1. The van der Waals surface area contributed by atoms with Gasteiger partial charge in [-0.05, 0) is 31.9 Å². The maximum atomic E-state index is 12.9. The van der Waals surface area contributed by atoms with Crippen molar-refractivity contribution < 1.29 is 29.0 Å². The van der Waals surface area contributed by atoms with Crippen LogP contribution in [0.25, 0.3) is 0 Å². The Morgan fingerprint density at radius 2 is 1.83 bits per heavy atom. The standard InChI is InChI=1S/C22H32N2O6/c1-4-19(26)24(18-8-6-5-7-9-18)22(21(28)29-3)11-14-23(15-12-22)13-10-20(27)30-16-17(2)25/h5-9,17,25H,4,10-16H2,1-3H3. The van der Waals surface area contributed by atoms with Crippen molar-refractivity contribution in [2.75, 3.05) is 38.3 Å². The van der Waals surface area contributed by atoms with Crippen molar-refractivity contribution in [1.82, 2.24) is 4.90 Å². The van der Waals surface area contributed by atoms with Crippen LogP contribution in [-0.2, 0) is 23.9 Å². The second-order valence-electron chi connectivity index (χ2n) is 7.57. The van der Waals surface area contributed by atoms with Gasteiger partial charge in [-0.1, -0.05) is 25.1 Å². The third kappa shape index (κ3) is 5.79. The van der Waals surface area contributed by atoms with E-state index in [4.69, 9.17) is 9.47 Å². The maximum absolute atomic E-state index is 12.9. The molecule has 8 nitrogen and oxygen atoms in total. The number of esters is 2. The van der Waals surface area contributed by atoms with Gasteiger partial charge in [0, 0.05) is 31.7 Å². The van der Waals surface area contributed by atoms with Crippen LogP contribution in [0.3, 0.4) is 0 Å². The molecular formula is C22H32N2O6. The predicted molar refractivity (Wildman–Crippen MR) is 112 cm³/mol. The van der Waals surface area contributed by atoms with Gasteiger partial charge in [0.15, 0.2) is 0 Å². The van der Waals surface area contributed by atoms with Crippen LogP contribution in [0.4, 0.5) is 5.69 Å². The molecule has 1 aromatic carbocycles. The molecule has 0 aromatic heterocycles. The van der Waals surface area contributed by atoms with Gasteiger partial charge in [-0.15, -0.1) is 0 Å². The first-order valence-corrected chi connectivity index (χ1v) is 10.4. The number of amides is 1. The number of likely N-dealkylation sites (tertiary alicyclic amines) is 1. The van der Waals surface area contributed by atoms with E-state index in [-0.39, 0.29) is 31.3 Å². The van der Waals surface area contributed by atoms with E-state index in [1.165, 1.54) is 7.11 Å². The lowest BCUT2D eigenvalue weighted by molar-refractivity contribution is -0.151. The van der Waals surface area contributed by atoms with Gasteiger partial charge in [0.05, 0.1) is 19.6 Å². The highest BCUT2D eigenvalue weighted by atomic mass is 16.5. The van der Waals surface area contributed by atoms with Crippen molar-refractivity contribution in [2.24, 2.45) is 0 Å². The molecule has 0 bridgehead atoms. The summed E-state index contributed by atoms with van der Waals surface area (Å²) in [5.41, 5.74) is -0.406. The second kappa shape index (κ2) is 11.1. The van der Waals surface area contributed by atoms with Gasteiger partial charge in [-0.2, -0.15) is 0 Å². The summed E-state index contributed by atoms with van der Waals surface area (Å²) in [6.07, 6.45) is 0.594. The Morgan fingerprint density at radius 1 is 1.20 bits per heavy atom. The lowest BCUT2D eigenvalue weighted by Crippen LogP contribution is -2.62. The number of anilines is 1. The highest BCUT2D eigenvalue weighted by molar-refractivity contribution is 6.02. The summed E-state index contributed by atoms with van der Waals surface area (Å²) < 4.78 is 10.1. The zero-order valence-corrected chi connectivity index (χ0v) is 18.0. The van der Waals surface area contributed by atoms with Gasteiger partial charge >= 0.3 is 11.9 Å². The first kappa shape index (κ1) is 23.8. The molecule has 1 unspecified atom stereocenters. The van der Waals surface area contributed by atoms with Gasteiger partial charge in [0.25, 0.3) is 0 Å². The SMILES string of the molecule is CCC(=O)N(c1ccccc1)C1(C(=O)OC)CCN(CCC(=O)OCC(C)O)CC1. The smallest absolute Gasteiger partial charge is 0.332 e. The van der Waals surface area contributed by atoms with Crippen molar-refractivity contribution in [3.8, 4) is 0 Å². The number of ether oxygens (including phenoxy) is 2. The fourth-order valence-corrected chi connectivity index (χ4v) is 3.76. The van der Waals surface area contributed by atoms with Gasteiger partial charge in [-0.3, -0.25) is 14.5 Å². The molecule has 1 heterocycles. The molecule has 1 saturated heterocycles. The number of nitrogens with zero attached hydrogens (tertiary/aromatic N) is 2. The van der Waals surface area contributed by atoms with Crippen LogP contribution >= 0.6 is 0 Å². The number of rotatable bonds is 9. The molecule has 0 spiro atoms. The molecule has 0 radical (unpaired) electrons. The van der Waals surface area contributed by atoms with E-state index in [2.05, 4.69) is 4.90 Å². The normalized spacial score (nSPS) is 17.1. The molecule has 2 rings (SSSR count). The number of carbonyl (C=O) groups is 3. The van der Waals surface area contributed by atoms with E-state index in [1.54, 1.807) is 18.7 Å². The van der Waals surface area contributed by atoms with Crippen LogP contribution in [0.2, 0.25) is 0 Å². The monoisotopic (exact) mass is 420 g/mol. The van der Waals surface area contributed by atoms with Crippen LogP contribution in [0, 0.1) is 0 Å². The first-order chi connectivity index (χ1) is 14.3. The quantitative estimate of drug-likeness (QED) is 0.608. The number of carbonyl (C=O) groups excluding carboxylic acids is 3. The molecule has 1 fully saturated rings. The Balaban J connectivity index is 2.12. The number of piperidine rings is 1. The minimum Gasteiger partial charge on any atom is -0.467 e. The molecule has 0 aliphatic carbocycles. The lowest BCUT2D eigenvalue weighted by Gasteiger charge is -2.46. The van der Waals surface area contributed by atoms with Crippen LogP contribution in [0.15, 0.2) is 30.3 Å². The van der Waals surface area contributed by atoms with Crippen molar-refractivity contribution in [1.29, 1.82) is 0 Å². The summed E-state index contributed by atoms with van der Waals surface area (Å²) in [7, 11) is 1.34. The average Bonchev–Trinajstić information content (AvgIpc) is 2.77. The molecule has 1 aromatic rings. The summed E-state index contributed by atoms with van der Waals surface area (Å²) in [6, 6.07) is 9.18. The van der Waals surface area contributed by atoms with Gasteiger partial charge in [0.2, 0.25) is 5.91 Å². The van der Waals surface area contributed by atoms with Crippen molar-refractivity contribution in [2.45, 2.75) is 51.2 Å². The van der Waals surface area contributed by atoms with E-state index in [0.29, 0.717) is 38.2 Å². The maximum Gasteiger partial charge on any atom is 0.332 e. The second-order valence-corrected chi connectivity index (χ2v) is 7.57. The highest BCUT2D eigenvalue weighted by Gasteiger charge is 2.49. The molecular weight excluding hydrogens is 388 g/mol. The minimum absolute atomic E-state index is 0.0184. The Labute approximate surface area is 177 Å². The van der Waals surface area contributed by atoms with Gasteiger partial charge in [0.1, 0.15) is 12.1 Å². The third-order valence-corrected chi connectivity index (χ3v) is 5.36. The van der Waals surface area contributed by atoms with Crippen LogP contribution < -0.4 is 4.90 Å². The molecule has 8 heteroatoms. The van der Waals surface area contributed by atoms with E-state index >= 15 is 0 Å². The third-order valence-electron chi connectivity index (χ3n) is 5.36. The Kier molecular flexibility index (Phi) is 8.80. The largest absolute Gasteiger partial charge is 0.467 e. The Hall–Kier alpha value is -2.45. The molecule has 1 N–H and O–H groups in total. The van der Waals surface area contributed by atoms with Gasteiger partial charge in [-0.25, -0.2) is 4.79 Å². The van der Waals surface area contributed by atoms with E-state index in [9.17, 15) is 19.5 Å². The van der Waals surface area contributed by atoms with Crippen molar-refractivity contribution >= 4 is 23.5 Å². The molecule has 1 aliphatic rings. The Bertz CT molecular complexity index is 714. The van der Waals surface area contributed by atoms with Crippen molar-refractivity contribution in [3.05, 3.63) is 30.3 Å². The highest BCUT2D eigenvalue weighted by Crippen LogP contribution is 2.35. The lowest BCUT2D eigenvalue weighted by atomic mass is 9.84. The molecule has 0 saturated carbocycles. The summed E-state index contributed by atoms with van der Waals surface area (Å²) in [5.74, 6) is -0.932. The van der Waals surface area contributed by atoms with Crippen LogP contribution in [-0.4, -0.2) is 72.8 Å². The number of methoxy groups -OCH3 is 1. The molecule has 1 aliphatic heterocycles. The summed E-state index contributed by atoms with van der Waals surface area (Å²) in [5, 5.41) is 9.20. The zero-order chi connectivity index (χ0) is 22.1. The summed E-state index contributed by atoms with van der Waals surface area (Å²) in [4.78, 5) is 41.3. The number of para-hydroxylation sites is 1. The van der Waals surface area contributed by atoms with Crippen LogP contribution in [0.1, 0.15) is 39.5 Å². The molecule has 1 amide bonds. The Morgan fingerprint density at radius 3 is 2.37 bits per heavy atom. The molecule has 30 heavy (non-hydrogen) atoms. The van der Waals surface area contributed by atoms with Crippen molar-refractivity contribution in [3.63, 3.8) is 0 Å². The van der Waals surface area contributed by atoms with E-state index in [1.807, 2.05) is 30.3 Å². The number of benzene rings is 1. The number of hydrogen-bond acceptors (Lipinski definition) is 7. The van der Waals surface area contributed by atoms with E-state index < -0.39 is 17.6 Å². The summed E-state index contributed by atoms with van der Waals surface area (Å²) >= 11 is 0. The minimum atomic E-state index is -1.08. The first-order valence-electron chi connectivity index (χ1n) is 10.4. The fraction of sp³-hybridized carbons (Fsp3) is 0.591. The zero-order valence-electron chi connectivity index (χ0n) is 18.0. The number of hydrogen-bond donors (Lipinski definition) is 1. The topological polar surface area (TPSA) is 96.4 Å². The van der Waals surface area contributed by atoms with Gasteiger partial charge < -0.3 is 19.5 Å². The van der Waals surface area contributed by atoms with E-state index in [0.717, 1.165) is 0 Å². The van der Waals surface area contributed by atoms with Crippen LogP contribution in [0.5, 0.6) is 0 Å². The molecule has 166 valence electrons. The fourth-order valence-electron chi connectivity index (χ4n) is 3.76.